The molecule has 0 saturated heterocycles. The van der Waals surface area contributed by atoms with Gasteiger partial charge < -0.3 is 0 Å². The van der Waals surface area contributed by atoms with E-state index in [1.165, 1.54) is 12.0 Å². The Morgan fingerprint density at radius 3 is 2.57 bits per heavy atom. The maximum absolute atomic E-state index is 4.19. The third-order valence-corrected chi connectivity index (χ3v) is 3.01. The van der Waals surface area contributed by atoms with Crippen LogP contribution in [0.5, 0.6) is 0 Å². The quantitative estimate of drug-likeness (QED) is 0.729. The van der Waals surface area contributed by atoms with E-state index in [0.29, 0.717) is 0 Å². The predicted octanol–water partition coefficient (Wildman–Crippen LogP) is 2.66. The molecule has 1 aromatic heterocycles. The molecule has 0 saturated carbocycles. The lowest BCUT2D eigenvalue weighted by atomic mass is 9.87. The molecule has 0 N–H and O–H groups in total. The number of hydrogen-bond acceptors (Lipinski definition) is 2. The second-order valence-electron chi connectivity index (χ2n) is 4.16. The third-order valence-electron chi connectivity index (χ3n) is 3.01. The van der Waals surface area contributed by atoms with Gasteiger partial charge in [-0.15, -0.1) is 0 Å². The number of nitrogens with zero attached hydrogens (tertiary/aromatic N) is 2. The summed E-state index contributed by atoms with van der Waals surface area (Å²) in [5.41, 5.74) is 1.41. The average Bonchev–Trinajstić information content (AvgIpc) is 2.19. The highest BCUT2D eigenvalue weighted by atomic mass is 15.1. The van der Waals surface area contributed by atoms with Crippen molar-refractivity contribution in [3.8, 4) is 0 Å². The summed E-state index contributed by atoms with van der Waals surface area (Å²) < 4.78 is 0. The lowest BCUT2D eigenvalue weighted by Gasteiger charge is -2.36. The highest BCUT2D eigenvalue weighted by molar-refractivity contribution is 5.19. The summed E-state index contributed by atoms with van der Waals surface area (Å²) in [6.45, 7) is 4.49. The Labute approximate surface area is 87.0 Å². The van der Waals surface area contributed by atoms with E-state index >= 15 is 0 Å². The maximum atomic E-state index is 4.19. The molecule has 1 unspecified atom stereocenters. The van der Waals surface area contributed by atoms with Crippen molar-refractivity contribution >= 4 is 0 Å². The molecule has 0 bridgehead atoms. The Balaban J connectivity index is 2.99. The largest absolute Gasteiger partial charge is 0.300 e. The van der Waals surface area contributed by atoms with Crippen molar-refractivity contribution in [1.29, 1.82) is 0 Å². The molecule has 1 rings (SSSR count). The molecule has 0 fully saturated rings. The van der Waals surface area contributed by atoms with Crippen molar-refractivity contribution in [3.05, 3.63) is 30.1 Å². The van der Waals surface area contributed by atoms with Gasteiger partial charge in [-0.05, 0) is 39.1 Å². The number of pyridine rings is 1. The second kappa shape index (κ2) is 4.56. The van der Waals surface area contributed by atoms with E-state index in [9.17, 15) is 0 Å². The van der Waals surface area contributed by atoms with Crippen LogP contribution in [-0.4, -0.2) is 24.0 Å². The Hall–Kier alpha value is -0.890. The SMILES string of the molecule is CCCC(C)(c1cccnc1)N(C)C. The van der Waals surface area contributed by atoms with Crippen LogP contribution >= 0.6 is 0 Å². The summed E-state index contributed by atoms with van der Waals surface area (Å²) in [5.74, 6) is 0. The summed E-state index contributed by atoms with van der Waals surface area (Å²) >= 11 is 0. The van der Waals surface area contributed by atoms with Gasteiger partial charge in [-0.25, -0.2) is 0 Å². The first-order valence-electron chi connectivity index (χ1n) is 5.19. The van der Waals surface area contributed by atoms with Crippen molar-refractivity contribution in [3.63, 3.8) is 0 Å². The summed E-state index contributed by atoms with van der Waals surface area (Å²) in [4.78, 5) is 6.46. The molecule has 1 heterocycles. The van der Waals surface area contributed by atoms with Gasteiger partial charge in [0.25, 0.3) is 0 Å². The molecule has 1 atom stereocenters. The van der Waals surface area contributed by atoms with Gasteiger partial charge >= 0.3 is 0 Å². The number of rotatable bonds is 4. The minimum absolute atomic E-state index is 0.114. The normalized spacial score (nSPS) is 15.5. The predicted molar refractivity (Wildman–Crippen MR) is 60.2 cm³/mol. The minimum atomic E-state index is 0.114. The number of hydrogen-bond donors (Lipinski definition) is 0. The first-order valence-corrected chi connectivity index (χ1v) is 5.19. The van der Waals surface area contributed by atoms with Crippen molar-refractivity contribution in [2.24, 2.45) is 0 Å². The Morgan fingerprint density at radius 2 is 2.14 bits per heavy atom. The molecule has 1 aromatic rings. The molecule has 0 spiro atoms. The van der Waals surface area contributed by atoms with Crippen LogP contribution in [-0.2, 0) is 5.54 Å². The van der Waals surface area contributed by atoms with Gasteiger partial charge in [0.05, 0.1) is 0 Å². The molecule has 0 aromatic carbocycles. The van der Waals surface area contributed by atoms with E-state index in [0.717, 1.165) is 6.42 Å². The highest BCUT2D eigenvalue weighted by Crippen LogP contribution is 2.30. The van der Waals surface area contributed by atoms with Crippen LogP contribution < -0.4 is 0 Å². The highest BCUT2D eigenvalue weighted by Gasteiger charge is 2.27. The zero-order chi connectivity index (χ0) is 10.6. The first-order chi connectivity index (χ1) is 6.61. The molecule has 14 heavy (non-hydrogen) atoms. The summed E-state index contributed by atoms with van der Waals surface area (Å²) in [5, 5.41) is 0. The van der Waals surface area contributed by atoms with Crippen LogP contribution in [0.25, 0.3) is 0 Å². The monoisotopic (exact) mass is 192 g/mol. The number of aromatic nitrogens is 1. The van der Waals surface area contributed by atoms with Crippen LogP contribution in [0.3, 0.4) is 0 Å². The van der Waals surface area contributed by atoms with Crippen molar-refractivity contribution in [1.82, 2.24) is 9.88 Å². The average molecular weight is 192 g/mol. The van der Waals surface area contributed by atoms with E-state index in [1.807, 2.05) is 18.5 Å². The minimum Gasteiger partial charge on any atom is -0.300 e. The Kier molecular flexibility index (Phi) is 3.64. The zero-order valence-corrected chi connectivity index (χ0v) is 9.62. The molecular formula is C12H20N2. The first kappa shape index (κ1) is 11.2. The summed E-state index contributed by atoms with van der Waals surface area (Å²) in [6, 6.07) is 4.16. The van der Waals surface area contributed by atoms with E-state index in [1.54, 1.807) is 0 Å². The fourth-order valence-electron chi connectivity index (χ4n) is 1.79. The Bertz CT molecular complexity index is 269. The molecule has 0 aliphatic carbocycles. The Morgan fingerprint density at radius 1 is 1.43 bits per heavy atom. The van der Waals surface area contributed by atoms with Crippen molar-refractivity contribution < 1.29 is 0 Å². The van der Waals surface area contributed by atoms with E-state index in [4.69, 9.17) is 0 Å². The smallest absolute Gasteiger partial charge is 0.0441 e. The summed E-state index contributed by atoms with van der Waals surface area (Å²) in [6.07, 6.45) is 6.14. The van der Waals surface area contributed by atoms with Gasteiger partial charge in [0.15, 0.2) is 0 Å². The van der Waals surface area contributed by atoms with Gasteiger partial charge in [0, 0.05) is 17.9 Å². The third kappa shape index (κ3) is 2.13. The van der Waals surface area contributed by atoms with Gasteiger partial charge in [-0.1, -0.05) is 19.4 Å². The standard InChI is InChI=1S/C12H20N2/c1-5-8-12(2,14(3)4)11-7-6-9-13-10-11/h6-7,9-10H,5,8H2,1-4H3. The zero-order valence-electron chi connectivity index (χ0n) is 9.62. The van der Waals surface area contributed by atoms with Crippen LogP contribution in [0, 0.1) is 0 Å². The van der Waals surface area contributed by atoms with Crippen LogP contribution in [0.2, 0.25) is 0 Å². The summed E-state index contributed by atoms with van der Waals surface area (Å²) in [7, 11) is 4.26. The molecule has 2 heteroatoms. The van der Waals surface area contributed by atoms with Crippen LogP contribution in [0.4, 0.5) is 0 Å². The van der Waals surface area contributed by atoms with Gasteiger partial charge in [-0.3, -0.25) is 9.88 Å². The van der Waals surface area contributed by atoms with Crippen molar-refractivity contribution in [2.75, 3.05) is 14.1 Å². The maximum Gasteiger partial charge on any atom is 0.0441 e. The van der Waals surface area contributed by atoms with Crippen molar-refractivity contribution in [2.45, 2.75) is 32.2 Å². The lowest BCUT2D eigenvalue weighted by Crippen LogP contribution is -2.38. The molecule has 2 nitrogen and oxygen atoms in total. The fraction of sp³-hybridized carbons (Fsp3) is 0.583. The van der Waals surface area contributed by atoms with E-state index in [-0.39, 0.29) is 5.54 Å². The molecule has 0 radical (unpaired) electrons. The molecule has 0 amide bonds. The van der Waals surface area contributed by atoms with Gasteiger partial charge in [0.2, 0.25) is 0 Å². The fourth-order valence-corrected chi connectivity index (χ4v) is 1.79. The van der Waals surface area contributed by atoms with Gasteiger partial charge in [0.1, 0.15) is 0 Å². The van der Waals surface area contributed by atoms with Crippen LogP contribution in [0.1, 0.15) is 32.3 Å². The van der Waals surface area contributed by atoms with E-state index in [2.05, 4.69) is 43.9 Å². The molecule has 0 aliphatic heterocycles. The van der Waals surface area contributed by atoms with E-state index < -0.39 is 0 Å². The van der Waals surface area contributed by atoms with Gasteiger partial charge in [-0.2, -0.15) is 0 Å². The molecule has 0 aliphatic rings. The molecule has 78 valence electrons. The lowest BCUT2D eigenvalue weighted by molar-refractivity contribution is 0.159. The topological polar surface area (TPSA) is 16.1 Å². The molecular weight excluding hydrogens is 172 g/mol. The second-order valence-corrected chi connectivity index (χ2v) is 4.16. The van der Waals surface area contributed by atoms with Crippen LogP contribution in [0.15, 0.2) is 24.5 Å².